The third kappa shape index (κ3) is 2.83. The summed E-state index contributed by atoms with van der Waals surface area (Å²) in [4.78, 5) is 6.89. The van der Waals surface area contributed by atoms with Crippen molar-refractivity contribution in [1.82, 2.24) is 4.98 Å². The van der Waals surface area contributed by atoms with Gasteiger partial charge in [0.25, 0.3) is 0 Å². The van der Waals surface area contributed by atoms with Crippen LogP contribution in [0.3, 0.4) is 0 Å². The van der Waals surface area contributed by atoms with Crippen molar-refractivity contribution in [3.8, 4) is 0 Å². The molecule has 1 fully saturated rings. The molecule has 0 radical (unpaired) electrons. The van der Waals surface area contributed by atoms with Gasteiger partial charge in [-0.3, -0.25) is 4.98 Å². The van der Waals surface area contributed by atoms with Crippen LogP contribution in [0.25, 0.3) is 0 Å². The van der Waals surface area contributed by atoms with Gasteiger partial charge in [-0.1, -0.05) is 12.8 Å². The van der Waals surface area contributed by atoms with Gasteiger partial charge in [-0.25, -0.2) is 0 Å². The molecule has 0 bridgehead atoms. The zero-order valence-corrected chi connectivity index (χ0v) is 11.9. The van der Waals surface area contributed by atoms with Gasteiger partial charge in [0.15, 0.2) is 0 Å². The van der Waals surface area contributed by atoms with Crippen LogP contribution in [0.1, 0.15) is 42.6 Å². The first-order valence-corrected chi connectivity index (χ1v) is 7.00. The molecule has 0 amide bonds. The predicted molar refractivity (Wildman–Crippen MR) is 76.8 cm³/mol. The van der Waals surface area contributed by atoms with E-state index in [2.05, 4.69) is 36.8 Å². The molecule has 1 aromatic heterocycles. The minimum atomic E-state index is 0.573. The highest BCUT2D eigenvalue weighted by Gasteiger charge is 2.19. The zero-order valence-electron chi connectivity index (χ0n) is 11.9. The summed E-state index contributed by atoms with van der Waals surface area (Å²) < 4.78 is 0. The number of hydrogen-bond donors (Lipinski definition) is 1. The third-order valence-electron chi connectivity index (χ3n) is 4.06. The standard InChI is InChI=1S/C15H25N3/c1-11-8-15(14(9-16)12(2)17-11)18(3)10-13-6-4-5-7-13/h8,13H,4-7,9-10,16H2,1-3H3. The number of hydrogen-bond acceptors (Lipinski definition) is 3. The fraction of sp³-hybridized carbons (Fsp3) is 0.667. The van der Waals surface area contributed by atoms with E-state index in [1.54, 1.807) is 0 Å². The molecule has 0 aliphatic heterocycles. The first-order valence-electron chi connectivity index (χ1n) is 7.00. The van der Waals surface area contributed by atoms with Gasteiger partial charge in [0.2, 0.25) is 0 Å². The SMILES string of the molecule is Cc1cc(N(C)CC2CCCC2)c(CN)c(C)n1. The van der Waals surface area contributed by atoms with Crippen molar-refractivity contribution in [2.45, 2.75) is 46.1 Å². The highest BCUT2D eigenvalue weighted by molar-refractivity contribution is 5.55. The number of nitrogens with two attached hydrogens (primary N) is 1. The van der Waals surface area contributed by atoms with Gasteiger partial charge in [0.1, 0.15) is 0 Å². The van der Waals surface area contributed by atoms with Crippen LogP contribution in [0, 0.1) is 19.8 Å². The van der Waals surface area contributed by atoms with Gasteiger partial charge in [-0.2, -0.15) is 0 Å². The maximum absolute atomic E-state index is 5.88. The molecular weight excluding hydrogens is 222 g/mol. The fourth-order valence-corrected chi connectivity index (χ4v) is 3.11. The van der Waals surface area contributed by atoms with Crippen LogP contribution in [0.2, 0.25) is 0 Å². The van der Waals surface area contributed by atoms with Crippen LogP contribution in [-0.4, -0.2) is 18.6 Å². The number of rotatable bonds is 4. The molecule has 100 valence electrons. The fourth-order valence-electron chi connectivity index (χ4n) is 3.11. The van der Waals surface area contributed by atoms with E-state index in [1.807, 2.05) is 0 Å². The van der Waals surface area contributed by atoms with Crippen molar-refractivity contribution < 1.29 is 0 Å². The van der Waals surface area contributed by atoms with E-state index in [0.717, 1.165) is 23.9 Å². The highest BCUT2D eigenvalue weighted by atomic mass is 15.1. The number of aromatic nitrogens is 1. The Morgan fingerprint density at radius 2 is 2.00 bits per heavy atom. The Hall–Kier alpha value is -1.09. The lowest BCUT2D eigenvalue weighted by atomic mass is 10.1. The Balaban J connectivity index is 2.19. The molecule has 3 nitrogen and oxygen atoms in total. The Kier molecular flexibility index (Phi) is 4.23. The van der Waals surface area contributed by atoms with Crippen LogP contribution in [0.5, 0.6) is 0 Å². The summed E-state index contributed by atoms with van der Waals surface area (Å²) in [5.74, 6) is 0.856. The van der Waals surface area contributed by atoms with E-state index in [4.69, 9.17) is 5.73 Å². The highest BCUT2D eigenvalue weighted by Crippen LogP contribution is 2.29. The lowest BCUT2D eigenvalue weighted by Gasteiger charge is -2.26. The number of nitrogens with zero attached hydrogens (tertiary/aromatic N) is 2. The minimum Gasteiger partial charge on any atom is -0.374 e. The van der Waals surface area contributed by atoms with E-state index in [0.29, 0.717) is 6.54 Å². The molecular formula is C15H25N3. The van der Waals surface area contributed by atoms with Gasteiger partial charge in [0.05, 0.1) is 0 Å². The van der Waals surface area contributed by atoms with E-state index in [9.17, 15) is 0 Å². The summed E-state index contributed by atoms with van der Waals surface area (Å²) in [6.45, 7) is 5.83. The van der Waals surface area contributed by atoms with E-state index >= 15 is 0 Å². The second kappa shape index (κ2) is 5.70. The average molecular weight is 247 g/mol. The van der Waals surface area contributed by atoms with Gasteiger partial charge in [0, 0.05) is 42.8 Å². The molecule has 2 rings (SSSR count). The van der Waals surface area contributed by atoms with Crippen molar-refractivity contribution in [1.29, 1.82) is 0 Å². The second-order valence-electron chi connectivity index (χ2n) is 5.58. The van der Waals surface area contributed by atoms with Crippen molar-refractivity contribution in [2.75, 3.05) is 18.5 Å². The van der Waals surface area contributed by atoms with E-state index in [-0.39, 0.29) is 0 Å². The summed E-state index contributed by atoms with van der Waals surface area (Å²) >= 11 is 0. The molecule has 1 aliphatic rings. The molecule has 3 heteroatoms. The van der Waals surface area contributed by atoms with Crippen LogP contribution < -0.4 is 10.6 Å². The van der Waals surface area contributed by atoms with Crippen molar-refractivity contribution in [3.05, 3.63) is 23.0 Å². The molecule has 18 heavy (non-hydrogen) atoms. The van der Waals surface area contributed by atoms with Crippen LogP contribution >= 0.6 is 0 Å². The van der Waals surface area contributed by atoms with Gasteiger partial charge in [-0.15, -0.1) is 0 Å². The average Bonchev–Trinajstić information content (AvgIpc) is 2.80. The molecule has 0 aromatic carbocycles. The van der Waals surface area contributed by atoms with Crippen LogP contribution in [-0.2, 0) is 6.54 Å². The number of anilines is 1. The summed E-state index contributed by atoms with van der Waals surface area (Å²) in [7, 11) is 2.19. The Morgan fingerprint density at radius 3 is 2.61 bits per heavy atom. The Morgan fingerprint density at radius 1 is 1.33 bits per heavy atom. The first-order chi connectivity index (χ1) is 8.61. The summed E-state index contributed by atoms with van der Waals surface area (Å²) in [6.07, 6.45) is 5.56. The predicted octanol–water partition coefficient (Wildman–Crippen LogP) is 2.78. The van der Waals surface area contributed by atoms with E-state index < -0.39 is 0 Å². The molecule has 0 spiro atoms. The van der Waals surface area contributed by atoms with Crippen LogP contribution in [0.15, 0.2) is 6.07 Å². The summed E-state index contributed by atoms with van der Waals surface area (Å²) in [5.41, 5.74) is 10.5. The maximum Gasteiger partial charge on any atom is 0.0445 e. The van der Waals surface area contributed by atoms with Gasteiger partial charge < -0.3 is 10.6 Å². The largest absolute Gasteiger partial charge is 0.374 e. The molecule has 1 aromatic rings. The van der Waals surface area contributed by atoms with Gasteiger partial charge in [-0.05, 0) is 38.7 Å². The Bertz CT molecular complexity index is 408. The lowest BCUT2D eigenvalue weighted by molar-refractivity contribution is 0.546. The topological polar surface area (TPSA) is 42.1 Å². The molecule has 0 unspecified atom stereocenters. The molecule has 1 heterocycles. The monoisotopic (exact) mass is 247 g/mol. The quantitative estimate of drug-likeness (QED) is 0.889. The third-order valence-corrected chi connectivity index (χ3v) is 4.06. The van der Waals surface area contributed by atoms with Gasteiger partial charge >= 0.3 is 0 Å². The lowest BCUT2D eigenvalue weighted by Crippen LogP contribution is -2.26. The molecule has 0 saturated heterocycles. The molecule has 0 atom stereocenters. The number of pyridine rings is 1. The normalized spacial score (nSPS) is 16.2. The second-order valence-corrected chi connectivity index (χ2v) is 5.58. The van der Waals surface area contributed by atoms with Crippen LogP contribution in [0.4, 0.5) is 5.69 Å². The summed E-state index contributed by atoms with van der Waals surface area (Å²) in [5, 5.41) is 0. The van der Waals surface area contributed by atoms with Crippen molar-refractivity contribution >= 4 is 5.69 Å². The maximum atomic E-state index is 5.88. The molecule has 1 saturated carbocycles. The molecule has 2 N–H and O–H groups in total. The van der Waals surface area contributed by atoms with Crippen molar-refractivity contribution in [2.24, 2.45) is 11.7 Å². The minimum absolute atomic E-state index is 0.573. The first kappa shape index (κ1) is 13.3. The smallest absolute Gasteiger partial charge is 0.0445 e. The molecule has 1 aliphatic carbocycles. The summed E-state index contributed by atoms with van der Waals surface area (Å²) in [6, 6.07) is 2.17. The van der Waals surface area contributed by atoms with E-state index in [1.165, 1.54) is 36.9 Å². The zero-order chi connectivity index (χ0) is 13.1. The number of aryl methyl sites for hydroxylation is 2. The van der Waals surface area contributed by atoms with Crippen molar-refractivity contribution in [3.63, 3.8) is 0 Å². The Labute approximate surface area is 110 Å².